The summed E-state index contributed by atoms with van der Waals surface area (Å²) >= 11 is 0. The second-order valence-corrected chi connectivity index (χ2v) is 6.24. The van der Waals surface area contributed by atoms with Crippen molar-refractivity contribution in [1.82, 2.24) is 10.6 Å². The molecule has 0 amide bonds. The summed E-state index contributed by atoms with van der Waals surface area (Å²) < 4.78 is 16.6. The van der Waals surface area contributed by atoms with Crippen LogP contribution in [0.5, 0.6) is 11.5 Å². The molecule has 0 bridgehead atoms. The Balaban J connectivity index is 0.00000420. The number of hydrogen-bond donors (Lipinski definition) is 2. The monoisotopic (exact) mass is 513 g/mol. The van der Waals surface area contributed by atoms with Gasteiger partial charge in [-0.25, -0.2) is 4.99 Å². The van der Waals surface area contributed by atoms with Gasteiger partial charge in [0.2, 0.25) is 0 Å². The molecule has 29 heavy (non-hydrogen) atoms. The molecule has 0 atom stereocenters. The van der Waals surface area contributed by atoms with Crippen LogP contribution < -0.4 is 20.1 Å². The van der Waals surface area contributed by atoms with Crippen LogP contribution in [-0.4, -0.2) is 46.0 Å². The third kappa shape index (κ3) is 9.85. The summed E-state index contributed by atoms with van der Waals surface area (Å²) in [5.74, 6) is 2.47. The molecule has 7 heteroatoms. The van der Waals surface area contributed by atoms with E-state index in [0.717, 1.165) is 35.1 Å². The zero-order chi connectivity index (χ0) is 20.0. The van der Waals surface area contributed by atoms with Crippen LogP contribution in [0.1, 0.15) is 18.1 Å². The van der Waals surface area contributed by atoms with Gasteiger partial charge in [-0.1, -0.05) is 30.3 Å². The smallest absolute Gasteiger partial charge is 0.191 e. The number of para-hydroxylation sites is 1. The van der Waals surface area contributed by atoms with Gasteiger partial charge in [0.25, 0.3) is 0 Å². The number of ether oxygens (including phenoxy) is 3. The van der Waals surface area contributed by atoms with Gasteiger partial charge in [-0.05, 0) is 37.6 Å². The van der Waals surface area contributed by atoms with Crippen LogP contribution in [0.4, 0.5) is 0 Å². The van der Waals surface area contributed by atoms with Crippen molar-refractivity contribution < 1.29 is 14.2 Å². The summed E-state index contributed by atoms with van der Waals surface area (Å²) in [6, 6.07) is 16.0. The number of benzene rings is 2. The third-order valence-electron chi connectivity index (χ3n) is 3.93. The first-order valence-corrected chi connectivity index (χ1v) is 9.64. The Bertz CT molecular complexity index is 726. The number of nitrogens with one attached hydrogen (secondary N) is 2. The van der Waals surface area contributed by atoms with Crippen LogP contribution >= 0.6 is 24.0 Å². The lowest BCUT2D eigenvalue weighted by Crippen LogP contribution is -2.39. The topological polar surface area (TPSA) is 64.1 Å². The first-order valence-electron chi connectivity index (χ1n) is 9.64. The number of aryl methyl sites for hydroxylation is 1. The van der Waals surface area contributed by atoms with E-state index in [1.807, 2.05) is 43.3 Å². The molecule has 0 saturated heterocycles. The molecule has 0 saturated carbocycles. The standard InChI is InChI=1S/C22H31N3O3.HI/c1-4-23-22(24-12-13-27-20-8-6-5-7-9-20)25-17-19-11-10-18(2)16-21(19)28-15-14-26-3;/h5-11,16H,4,12-15,17H2,1-3H3,(H2,23,24,25);1H. The second kappa shape index (κ2) is 14.9. The minimum atomic E-state index is 0. The SMILES string of the molecule is CCNC(=NCc1ccc(C)cc1OCCOC)NCCOc1ccccc1.I. The first kappa shape index (κ1) is 25.0. The highest BCUT2D eigenvalue weighted by Crippen LogP contribution is 2.21. The van der Waals surface area contributed by atoms with Gasteiger partial charge in [-0.15, -0.1) is 24.0 Å². The van der Waals surface area contributed by atoms with Crippen molar-refractivity contribution in [2.24, 2.45) is 4.99 Å². The van der Waals surface area contributed by atoms with E-state index in [9.17, 15) is 0 Å². The number of rotatable bonds is 11. The maximum atomic E-state index is 5.84. The Morgan fingerprint density at radius 1 is 0.966 bits per heavy atom. The molecule has 6 nitrogen and oxygen atoms in total. The number of aliphatic imine (C=N–C) groups is 1. The molecule has 0 aliphatic carbocycles. The molecule has 0 unspecified atom stereocenters. The zero-order valence-electron chi connectivity index (χ0n) is 17.4. The Morgan fingerprint density at radius 3 is 2.48 bits per heavy atom. The Kier molecular flexibility index (Phi) is 12.9. The third-order valence-corrected chi connectivity index (χ3v) is 3.93. The molecule has 0 aliphatic heterocycles. The van der Waals surface area contributed by atoms with E-state index in [0.29, 0.717) is 32.9 Å². The van der Waals surface area contributed by atoms with E-state index in [2.05, 4.69) is 34.7 Å². The van der Waals surface area contributed by atoms with E-state index in [-0.39, 0.29) is 24.0 Å². The van der Waals surface area contributed by atoms with Gasteiger partial charge >= 0.3 is 0 Å². The van der Waals surface area contributed by atoms with Crippen molar-refractivity contribution in [2.75, 3.05) is 40.0 Å². The fourth-order valence-electron chi connectivity index (χ4n) is 2.52. The Morgan fingerprint density at radius 2 is 1.76 bits per heavy atom. The summed E-state index contributed by atoms with van der Waals surface area (Å²) in [6.07, 6.45) is 0. The van der Waals surface area contributed by atoms with Crippen molar-refractivity contribution in [2.45, 2.75) is 20.4 Å². The van der Waals surface area contributed by atoms with Crippen LogP contribution in [0.25, 0.3) is 0 Å². The molecule has 2 aromatic carbocycles. The molecule has 0 radical (unpaired) electrons. The van der Waals surface area contributed by atoms with Gasteiger partial charge in [-0.2, -0.15) is 0 Å². The highest BCUT2D eigenvalue weighted by molar-refractivity contribution is 14.0. The molecule has 0 aromatic heterocycles. The first-order chi connectivity index (χ1) is 13.7. The molecule has 2 rings (SSSR count). The molecular formula is C22H32IN3O3. The molecular weight excluding hydrogens is 481 g/mol. The number of halogens is 1. The molecule has 0 heterocycles. The number of hydrogen-bond acceptors (Lipinski definition) is 4. The average Bonchev–Trinajstić information content (AvgIpc) is 2.71. The van der Waals surface area contributed by atoms with Crippen LogP contribution in [0.3, 0.4) is 0 Å². The lowest BCUT2D eigenvalue weighted by Gasteiger charge is -2.14. The molecule has 0 aliphatic rings. The quantitative estimate of drug-likeness (QED) is 0.207. The fraction of sp³-hybridized carbons (Fsp3) is 0.409. The zero-order valence-corrected chi connectivity index (χ0v) is 19.8. The minimum absolute atomic E-state index is 0. The van der Waals surface area contributed by atoms with Crippen molar-refractivity contribution in [3.8, 4) is 11.5 Å². The highest BCUT2D eigenvalue weighted by Gasteiger charge is 2.05. The van der Waals surface area contributed by atoms with E-state index in [4.69, 9.17) is 14.2 Å². The number of guanidine groups is 1. The predicted octanol–water partition coefficient (Wildman–Crippen LogP) is 3.77. The average molecular weight is 513 g/mol. The molecule has 2 aromatic rings. The van der Waals surface area contributed by atoms with Crippen molar-refractivity contribution in [1.29, 1.82) is 0 Å². The van der Waals surface area contributed by atoms with E-state index < -0.39 is 0 Å². The fourth-order valence-corrected chi connectivity index (χ4v) is 2.52. The maximum absolute atomic E-state index is 5.84. The number of methoxy groups -OCH3 is 1. The lowest BCUT2D eigenvalue weighted by atomic mass is 10.1. The van der Waals surface area contributed by atoms with Crippen LogP contribution in [-0.2, 0) is 11.3 Å². The van der Waals surface area contributed by atoms with Crippen LogP contribution in [0.15, 0.2) is 53.5 Å². The van der Waals surface area contributed by atoms with Crippen LogP contribution in [0, 0.1) is 6.92 Å². The Hall–Kier alpha value is -2.00. The Labute approximate surface area is 191 Å². The minimum Gasteiger partial charge on any atom is -0.492 e. The lowest BCUT2D eigenvalue weighted by molar-refractivity contribution is 0.145. The number of nitrogens with zero attached hydrogens (tertiary/aromatic N) is 1. The van der Waals surface area contributed by atoms with E-state index >= 15 is 0 Å². The van der Waals surface area contributed by atoms with Crippen molar-refractivity contribution in [3.63, 3.8) is 0 Å². The molecule has 160 valence electrons. The predicted molar refractivity (Wildman–Crippen MR) is 129 cm³/mol. The van der Waals surface area contributed by atoms with Crippen LogP contribution in [0.2, 0.25) is 0 Å². The summed E-state index contributed by atoms with van der Waals surface area (Å²) in [4.78, 5) is 4.67. The molecule has 2 N–H and O–H groups in total. The van der Waals surface area contributed by atoms with Gasteiger partial charge < -0.3 is 24.8 Å². The summed E-state index contributed by atoms with van der Waals surface area (Å²) in [5.41, 5.74) is 2.20. The summed E-state index contributed by atoms with van der Waals surface area (Å²) in [6.45, 7) is 7.70. The van der Waals surface area contributed by atoms with Gasteiger partial charge in [0.05, 0.1) is 19.7 Å². The second-order valence-electron chi connectivity index (χ2n) is 6.24. The largest absolute Gasteiger partial charge is 0.492 e. The van der Waals surface area contributed by atoms with Crippen molar-refractivity contribution in [3.05, 3.63) is 59.7 Å². The highest BCUT2D eigenvalue weighted by atomic mass is 127. The summed E-state index contributed by atoms with van der Waals surface area (Å²) in [5, 5.41) is 6.55. The normalized spacial score (nSPS) is 10.8. The van der Waals surface area contributed by atoms with Crippen molar-refractivity contribution >= 4 is 29.9 Å². The van der Waals surface area contributed by atoms with E-state index in [1.54, 1.807) is 7.11 Å². The van der Waals surface area contributed by atoms with E-state index in [1.165, 1.54) is 0 Å². The molecule has 0 fully saturated rings. The molecule has 0 spiro atoms. The van der Waals surface area contributed by atoms with Gasteiger partial charge in [0, 0.05) is 19.2 Å². The maximum Gasteiger partial charge on any atom is 0.191 e. The van der Waals surface area contributed by atoms with Gasteiger partial charge in [-0.3, -0.25) is 0 Å². The van der Waals surface area contributed by atoms with Gasteiger partial charge in [0.15, 0.2) is 5.96 Å². The summed E-state index contributed by atoms with van der Waals surface area (Å²) in [7, 11) is 1.67. The van der Waals surface area contributed by atoms with Gasteiger partial charge in [0.1, 0.15) is 24.7 Å².